The minimum Gasteiger partial charge on any atom is -0.508 e. The van der Waals surface area contributed by atoms with Gasteiger partial charge in [-0.3, -0.25) is 4.79 Å². The molecule has 0 saturated carbocycles. The molecule has 1 aromatic heterocycles. The Morgan fingerprint density at radius 2 is 2.00 bits per heavy atom. The van der Waals surface area contributed by atoms with E-state index in [4.69, 9.17) is 0 Å². The number of nitrogens with zero attached hydrogens (tertiary/aromatic N) is 1. The second-order valence-electron chi connectivity index (χ2n) is 5.01. The van der Waals surface area contributed by atoms with Crippen LogP contribution in [0.1, 0.15) is 5.56 Å². The highest BCUT2D eigenvalue weighted by molar-refractivity contribution is 5.97. The van der Waals surface area contributed by atoms with Crippen LogP contribution in [0.5, 0.6) is 5.75 Å². The Morgan fingerprint density at radius 1 is 1.19 bits per heavy atom. The number of phenols is 1. The average molecular weight is 280 g/mol. The molecule has 0 aliphatic heterocycles. The predicted octanol–water partition coefficient (Wildman–Crippen LogP) is 3.08. The number of anilines is 1. The van der Waals surface area contributed by atoms with Crippen molar-refractivity contribution in [2.45, 2.75) is 6.42 Å². The summed E-state index contributed by atoms with van der Waals surface area (Å²) in [7, 11) is 1.71. The zero-order valence-corrected chi connectivity index (χ0v) is 11.7. The smallest absolute Gasteiger partial charge is 0.231 e. The molecule has 0 saturated heterocycles. The van der Waals surface area contributed by atoms with E-state index >= 15 is 0 Å². The van der Waals surface area contributed by atoms with Gasteiger partial charge in [-0.05, 0) is 23.8 Å². The third-order valence-electron chi connectivity index (χ3n) is 3.61. The maximum atomic E-state index is 12.4. The molecule has 4 nitrogen and oxygen atoms in total. The lowest BCUT2D eigenvalue weighted by atomic mass is 10.1. The molecule has 2 aromatic carbocycles. The van der Waals surface area contributed by atoms with Gasteiger partial charge in [0.05, 0.1) is 6.42 Å². The van der Waals surface area contributed by atoms with E-state index in [1.54, 1.807) is 36.2 Å². The molecule has 0 aliphatic rings. The summed E-state index contributed by atoms with van der Waals surface area (Å²) in [6.45, 7) is 0. The molecule has 0 radical (unpaired) electrons. The highest BCUT2D eigenvalue weighted by Gasteiger charge is 2.14. The number of benzene rings is 2. The average Bonchev–Trinajstić information content (AvgIpc) is 2.90. The fourth-order valence-corrected chi connectivity index (χ4v) is 2.41. The van der Waals surface area contributed by atoms with Crippen molar-refractivity contribution < 1.29 is 9.90 Å². The third-order valence-corrected chi connectivity index (χ3v) is 3.61. The van der Waals surface area contributed by atoms with Crippen molar-refractivity contribution in [3.8, 4) is 5.75 Å². The number of phenolic OH excluding ortho intramolecular Hbond substituents is 1. The standard InChI is InChI=1S/C17H16N2O2/c1-19(13-5-4-6-14(20)10-13)17(21)9-12-11-18-16-8-3-2-7-15(12)16/h2-8,10-11,18,20H,9H2,1H3. The molecule has 0 atom stereocenters. The molecule has 0 bridgehead atoms. The number of amides is 1. The third kappa shape index (κ3) is 2.60. The quantitative estimate of drug-likeness (QED) is 0.774. The molecule has 3 rings (SSSR count). The van der Waals surface area contributed by atoms with Crippen LogP contribution in [0.2, 0.25) is 0 Å². The fourth-order valence-electron chi connectivity index (χ4n) is 2.41. The van der Waals surface area contributed by atoms with Gasteiger partial charge in [-0.25, -0.2) is 0 Å². The maximum Gasteiger partial charge on any atom is 0.231 e. The molecule has 2 N–H and O–H groups in total. The van der Waals surface area contributed by atoms with E-state index in [2.05, 4.69) is 4.98 Å². The number of nitrogens with one attached hydrogen (secondary N) is 1. The van der Waals surface area contributed by atoms with Gasteiger partial charge in [-0.15, -0.1) is 0 Å². The number of aromatic hydroxyl groups is 1. The number of carbonyl (C=O) groups excluding carboxylic acids is 1. The summed E-state index contributed by atoms with van der Waals surface area (Å²) in [6, 6.07) is 14.6. The molecule has 1 amide bonds. The minimum absolute atomic E-state index is 0.0228. The molecule has 0 unspecified atom stereocenters. The van der Waals surface area contributed by atoms with Gasteiger partial charge in [0.15, 0.2) is 0 Å². The zero-order valence-electron chi connectivity index (χ0n) is 11.7. The summed E-state index contributed by atoms with van der Waals surface area (Å²) in [5.41, 5.74) is 2.68. The first-order valence-electron chi connectivity index (χ1n) is 6.76. The summed E-state index contributed by atoms with van der Waals surface area (Å²) in [4.78, 5) is 17.1. The van der Waals surface area contributed by atoms with Gasteiger partial charge in [-0.1, -0.05) is 24.3 Å². The largest absolute Gasteiger partial charge is 0.508 e. The number of likely N-dealkylation sites (N-methyl/N-ethyl adjacent to an activating group) is 1. The Morgan fingerprint density at radius 3 is 2.81 bits per heavy atom. The van der Waals surface area contributed by atoms with Crippen LogP contribution in [0.3, 0.4) is 0 Å². The van der Waals surface area contributed by atoms with Crippen molar-refractivity contribution in [3.05, 3.63) is 60.3 Å². The lowest BCUT2D eigenvalue weighted by molar-refractivity contribution is -0.117. The molecule has 3 aromatic rings. The lowest BCUT2D eigenvalue weighted by Gasteiger charge is -2.17. The van der Waals surface area contributed by atoms with E-state index < -0.39 is 0 Å². The van der Waals surface area contributed by atoms with Gasteiger partial charge in [0.25, 0.3) is 0 Å². The van der Waals surface area contributed by atoms with Crippen molar-refractivity contribution in [1.82, 2.24) is 4.98 Å². The Hall–Kier alpha value is -2.75. The van der Waals surface area contributed by atoms with Crippen LogP contribution in [0, 0.1) is 0 Å². The van der Waals surface area contributed by atoms with E-state index in [0.717, 1.165) is 16.5 Å². The number of aromatic nitrogens is 1. The fraction of sp³-hybridized carbons (Fsp3) is 0.118. The summed E-state index contributed by atoms with van der Waals surface area (Å²) in [5.74, 6) is 0.129. The molecule has 1 heterocycles. The van der Waals surface area contributed by atoms with Crippen LogP contribution < -0.4 is 4.90 Å². The molecule has 0 aliphatic carbocycles. The minimum atomic E-state index is -0.0228. The van der Waals surface area contributed by atoms with Gasteiger partial charge in [0.2, 0.25) is 5.91 Å². The molecular weight excluding hydrogens is 264 g/mol. The van der Waals surface area contributed by atoms with Crippen LogP contribution in [-0.2, 0) is 11.2 Å². The monoisotopic (exact) mass is 280 g/mol. The van der Waals surface area contributed by atoms with Gasteiger partial charge in [0.1, 0.15) is 5.75 Å². The van der Waals surface area contributed by atoms with E-state index in [1.165, 1.54) is 0 Å². The Bertz CT molecular complexity index is 792. The summed E-state index contributed by atoms with van der Waals surface area (Å²) in [5, 5.41) is 10.6. The second-order valence-corrected chi connectivity index (χ2v) is 5.01. The van der Waals surface area contributed by atoms with Gasteiger partial charge in [-0.2, -0.15) is 0 Å². The lowest BCUT2D eigenvalue weighted by Crippen LogP contribution is -2.27. The number of hydrogen-bond acceptors (Lipinski definition) is 2. The van der Waals surface area contributed by atoms with Crippen molar-refractivity contribution in [2.24, 2.45) is 0 Å². The summed E-state index contributed by atoms with van der Waals surface area (Å²) in [6.07, 6.45) is 2.19. The van der Waals surface area contributed by atoms with E-state index in [0.29, 0.717) is 12.1 Å². The van der Waals surface area contributed by atoms with Crippen LogP contribution in [0.15, 0.2) is 54.7 Å². The highest BCUT2D eigenvalue weighted by atomic mass is 16.3. The van der Waals surface area contributed by atoms with Crippen LogP contribution in [0.4, 0.5) is 5.69 Å². The highest BCUT2D eigenvalue weighted by Crippen LogP contribution is 2.22. The summed E-state index contributed by atoms with van der Waals surface area (Å²) < 4.78 is 0. The van der Waals surface area contributed by atoms with Gasteiger partial charge in [0, 0.05) is 35.9 Å². The number of fused-ring (bicyclic) bond motifs is 1. The van der Waals surface area contributed by atoms with Crippen molar-refractivity contribution in [2.75, 3.05) is 11.9 Å². The molecular formula is C17H16N2O2. The van der Waals surface area contributed by atoms with Crippen molar-refractivity contribution in [3.63, 3.8) is 0 Å². The first kappa shape index (κ1) is 13.2. The van der Waals surface area contributed by atoms with E-state index in [-0.39, 0.29) is 11.7 Å². The van der Waals surface area contributed by atoms with Crippen LogP contribution >= 0.6 is 0 Å². The first-order valence-corrected chi connectivity index (χ1v) is 6.76. The Balaban J connectivity index is 1.83. The maximum absolute atomic E-state index is 12.4. The SMILES string of the molecule is CN(C(=O)Cc1c[nH]c2ccccc12)c1cccc(O)c1. The molecule has 4 heteroatoms. The normalized spacial score (nSPS) is 10.7. The number of para-hydroxylation sites is 1. The van der Waals surface area contributed by atoms with Crippen molar-refractivity contribution >= 4 is 22.5 Å². The second kappa shape index (κ2) is 5.32. The Kier molecular flexibility index (Phi) is 3.36. The zero-order chi connectivity index (χ0) is 14.8. The number of aromatic amines is 1. The van der Waals surface area contributed by atoms with Gasteiger partial charge >= 0.3 is 0 Å². The topological polar surface area (TPSA) is 56.3 Å². The summed E-state index contributed by atoms with van der Waals surface area (Å²) >= 11 is 0. The number of carbonyl (C=O) groups is 1. The number of H-pyrrole nitrogens is 1. The van der Waals surface area contributed by atoms with Gasteiger partial charge < -0.3 is 15.0 Å². The number of rotatable bonds is 3. The van der Waals surface area contributed by atoms with E-state index in [9.17, 15) is 9.90 Å². The predicted molar refractivity (Wildman–Crippen MR) is 83.5 cm³/mol. The number of hydrogen-bond donors (Lipinski definition) is 2. The molecule has 0 spiro atoms. The first-order chi connectivity index (χ1) is 10.1. The van der Waals surface area contributed by atoms with Crippen molar-refractivity contribution in [1.29, 1.82) is 0 Å². The molecule has 106 valence electrons. The van der Waals surface area contributed by atoms with E-state index in [1.807, 2.05) is 30.5 Å². The molecule has 0 fully saturated rings. The Labute approximate surface area is 122 Å². The molecule has 21 heavy (non-hydrogen) atoms. The van der Waals surface area contributed by atoms with Crippen LogP contribution in [-0.4, -0.2) is 23.0 Å². The van der Waals surface area contributed by atoms with Crippen LogP contribution in [0.25, 0.3) is 10.9 Å².